The van der Waals surface area contributed by atoms with E-state index in [1.807, 2.05) is 18.0 Å². The van der Waals surface area contributed by atoms with Crippen molar-refractivity contribution in [3.05, 3.63) is 11.6 Å². The summed E-state index contributed by atoms with van der Waals surface area (Å²) in [5, 5.41) is 9.23. The molecular weight excluding hydrogens is 228 g/mol. The first kappa shape index (κ1) is 11.4. The largest absolute Gasteiger partial charge is 0.309 e. The van der Waals surface area contributed by atoms with Crippen LogP contribution in [0.15, 0.2) is 21.7 Å². The van der Waals surface area contributed by atoms with Gasteiger partial charge in [0.25, 0.3) is 0 Å². The van der Waals surface area contributed by atoms with Crippen LogP contribution in [-0.4, -0.2) is 34.7 Å². The average Bonchev–Trinajstić information content (AvgIpc) is 3.02. The Bertz CT molecular complexity index is 497. The van der Waals surface area contributed by atoms with Crippen LogP contribution in [0, 0.1) is 5.92 Å². The first-order valence-corrected chi connectivity index (χ1v) is 6.40. The van der Waals surface area contributed by atoms with Crippen molar-refractivity contribution in [2.45, 2.75) is 39.2 Å². The summed E-state index contributed by atoms with van der Waals surface area (Å²) in [7, 11) is 0. The fourth-order valence-corrected chi connectivity index (χ4v) is 2.26. The fraction of sp³-hybridized carbons (Fsp3) is 0.615. The molecule has 0 aromatic carbocycles. The number of nitrogens with zero attached hydrogens (tertiary/aromatic N) is 3. The van der Waals surface area contributed by atoms with Crippen molar-refractivity contribution in [3.63, 3.8) is 0 Å². The van der Waals surface area contributed by atoms with Crippen molar-refractivity contribution >= 4 is 17.6 Å². The topological polar surface area (TPSA) is 57.1 Å². The molecule has 0 unspecified atom stereocenters. The number of amides is 1. The minimum Gasteiger partial charge on any atom is -0.309 e. The van der Waals surface area contributed by atoms with Crippen LogP contribution in [0.4, 0.5) is 0 Å². The molecule has 0 spiro atoms. The van der Waals surface area contributed by atoms with Gasteiger partial charge >= 0.3 is 0 Å². The molecule has 0 radical (unpaired) electrons. The maximum absolute atomic E-state index is 11.7. The Balaban J connectivity index is 1.79. The molecule has 0 atom stereocenters. The maximum atomic E-state index is 11.7. The van der Waals surface area contributed by atoms with E-state index >= 15 is 0 Å². The Kier molecular flexibility index (Phi) is 2.33. The van der Waals surface area contributed by atoms with Gasteiger partial charge in [0.15, 0.2) is 5.84 Å². The molecule has 1 saturated carbocycles. The third-order valence-electron chi connectivity index (χ3n) is 3.32. The molecule has 3 rings (SSSR count). The van der Waals surface area contributed by atoms with E-state index in [2.05, 4.69) is 29.3 Å². The molecule has 5 heteroatoms. The van der Waals surface area contributed by atoms with E-state index in [1.54, 1.807) is 0 Å². The molecule has 18 heavy (non-hydrogen) atoms. The fourth-order valence-electron chi connectivity index (χ4n) is 2.26. The van der Waals surface area contributed by atoms with E-state index in [0.717, 1.165) is 30.8 Å². The smallest absolute Gasteiger partial charge is 0.228 e. The molecule has 96 valence electrons. The number of carbonyl (C=O) groups excluding carboxylic acids is 1. The molecule has 2 heterocycles. The van der Waals surface area contributed by atoms with Gasteiger partial charge in [0.1, 0.15) is 5.84 Å². The van der Waals surface area contributed by atoms with Gasteiger partial charge in [0, 0.05) is 5.92 Å². The average molecular weight is 246 g/mol. The van der Waals surface area contributed by atoms with Gasteiger partial charge < -0.3 is 5.32 Å². The second-order valence-corrected chi connectivity index (χ2v) is 5.88. The third kappa shape index (κ3) is 2.05. The number of rotatable bonds is 1. The molecule has 1 amide bonds. The minimum absolute atomic E-state index is 0.0941. The number of carbonyl (C=O) groups is 1. The van der Waals surface area contributed by atoms with E-state index in [-0.39, 0.29) is 17.4 Å². The van der Waals surface area contributed by atoms with Gasteiger partial charge in [0.05, 0.1) is 12.1 Å². The zero-order valence-electron chi connectivity index (χ0n) is 11.0. The van der Waals surface area contributed by atoms with Crippen LogP contribution in [0.5, 0.6) is 0 Å². The van der Waals surface area contributed by atoms with Gasteiger partial charge in [0.2, 0.25) is 5.91 Å². The molecule has 0 saturated heterocycles. The number of fused-ring (bicyclic) bond motifs is 1. The summed E-state index contributed by atoms with van der Waals surface area (Å²) >= 11 is 0. The summed E-state index contributed by atoms with van der Waals surface area (Å²) in [4.78, 5) is 16.4. The normalized spacial score (nSPS) is 25.1. The number of aliphatic imine (C=N–C) groups is 1. The SMILES string of the molecule is CC1=CC(NC(=O)C2CC2)=NN2CC(C)(C)N=C12. The van der Waals surface area contributed by atoms with Crippen LogP contribution in [0.25, 0.3) is 0 Å². The van der Waals surface area contributed by atoms with Crippen molar-refractivity contribution in [2.75, 3.05) is 6.54 Å². The number of amidine groups is 2. The van der Waals surface area contributed by atoms with E-state index in [4.69, 9.17) is 0 Å². The van der Waals surface area contributed by atoms with Crippen molar-refractivity contribution in [2.24, 2.45) is 16.0 Å². The number of hydrogen-bond donors (Lipinski definition) is 1. The van der Waals surface area contributed by atoms with E-state index in [0.29, 0.717) is 5.84 Å². The zero-order valence-corrected chi connectivity index (χ0v) is 11.0. The standard InChI is InChI=1S/C13H18N4O/c1-8-6-10(14-12(18)9-4-5-9)16-17-7-13(2,3)15-11(8)17/h6,9H,4-5,7H2,1-3H3,(H,14,16,18). The molecule has 2 aliphatic heterocycles. The lowest BCUT2D eigenvalue weighted by atomic mass is 10.1. The quantitative estimate of drug-likeness (QED) is 0.757. The van der Waals surface area contributed by atoms with Crippen molar-refractivity contribution < 1.29 is 4.79 Å². The summed E-state index contributed by atoms with van der Waals surface area (Å²) in [6.07, 6.45) is 3.91. The lowest BCUT2D eigenvalue weighted by Crippen LogP contribution is -2.38. The van der Waals surface area contributed by atoms with E-state index < -0.39 is 0 Å². The van der Waals surface area contributed by atoms with Crippen molar-refractivity contribution in [3.8, 4) is 0 Å². The molecule has 3 aliphatic rings. The molecule has 1 N–H and O–H groups in total. The summed E-state index contributed by atoms with van der Waals surface area (Å²) in [5.41, 5.74) is 0.950. The van der Waals surface area contributed by atoms with Gasteiger partial charge in [-0.15, -0.1) is 0 Å². The second kappa shape index (κ2) is 3.67. The van der Waals surface area contributed by atoms with E-state index in [9.17, 15) is 4.79 Å². The Morgan fingerprint density at radius 3 is 2.89 bits per heavy atom. The van der Waals surface area contributed by atoms with Gasteiger partial charge in [-0.2, -0.15) is 5.10 Å². The van der Waals surface area contributed by atoms with Crippen LogP contribution in [0.1, 0.15) is 33.6 Å². The van der Waals surface area contributed by atoms with Gasteiger partial charge in [-0.3, -0.25) is 9.79 Å². The summed E-state index contributed by atoms with van der Waals surface area (Å²) < 4.78 is 0. The highest BCUT2D eigenvalue weighted by Gasteiger charge is 2.35. The monoisotopic (exact) mass is 246 g/mol. The Morgan fingerprint density at radius 2 is 2.22 bits per heavy atom. The predicted octanol–water partition coefficient (Wildman–Crippen LogP) is 1.28. The molecule has 5 nitrogen and oxygen atoms in total. The van der Waals surface area contributed by atoms with Crippen LogP contribution >= 0.6 is 0 Å². The van der Waals surface area contributed by atoms with Crippen LogP contribution in [0.2, 0.25) is 0 Å². The molecular formula is C13H18N4O. The maximum Gasteiger partial charge on any atom is 0.228 e. The zero-order chi connectivity index (χ0) is 12.9. The van der Waals surface area contributed by atoms with Crippen molar-refractivity contribution in [1.29, 1.82) is 0 Å². The summed E-state index contributed by atoms with van der Waals surface area (Å²) in [6.45, 7) is 6.94. The van der Waals surface area contributed by atoms with Crippen LogP contribution < -0.4 is 5.32 Å². The predicted molar refractivity (Wildman–Crippen MR) is 70.3 cm³/mol. The highest BCUT2D eigenvalue weighted by molar-refractivity contribution is 6.13. The number of hydrogen-bond acceptors (Lipinski definition) is 4. The Labute approximate surface area is 107 Å². The highest BCUT2D eigenvalue weighted by Crippen LogP contribution is 2.29. The first-order chi connectivity index (χ1) is 8.44. The summed E-state index contributed by atoms with van der Waals surface area (Å²) in [6, 6.07) is 0. The van der Waals surface area contributed by atoms with Gasteiger partial charge in [-0.25, -0.2) is 5.01 Å². The number of hydrazone groups is 1. The lowest BCUT2D eigenvalue weighted by molar-refractivity contribution is -0.120. The Morgan fingerprint density at radius 1 is 1.50 bits per heavy atom. The molecule has 1 aliphatic carbocycles. The van der Waals surface area contributed by atoms with E-state index in [1.165, 1.54) is 0 Å². The third-order valence-corrected chi connectivity index (χ3v) is 3.32. The van der Waals surface area contributed by atoms with Crippen molar-refractivity contribution in [1.82, 2.24) is 10.3 Å². The van der Waals surface area contributed by atoms with Crippen LogP contribution in [-0.2, 0) is 4.79 Å². The number of nitrogens with one attached hydrogen (secondary N) is 1. The molecule has 0 aromatic heterocycles. The van der Waals surface area contributed by atoms with Gasteiger partial charge in [-0.1, -0.05) is 0 Å². The minimum atomic E-state index is -0.107. The first-order valence-electron chi connectivity index (χ1n) is 6.40. The van der Waals surface area contributed by atoms with Crippen LogP contribution in [0.3, 0.4) is 0 Å². The second-order valence-electron chi connectivity index (χ2n) is 5.88. The lowest BCUT2D eigenvalue weighted by Gasteiger charge is -2.22. The summed E-state index contributed by atoms with van der Waals surface area (Å²) in [5.74, 6) is 1.86. The molecule has 1 fully saturated rings. The highest BCUT2D eigenvalue weighted by atomic mass is 16.2. The van der Waals surface area contributed by atoms with Gasteiger partial charge in [-0.05, 0) is 45.3 Å². The molecule has 0 aromatic rings. The molecule has 0 bridgehead atoms. The Hall–Kier alpha value is -1.65.